The Hall–Kier alpha value is -2.52. The molecule has 0 unspecified atom stereocenters. The summed E-state index contributed by atoms with van der Waals surface area (Å²) >= 11 is 0. The van der Waals surface area contributed by atoms with E-state index in [2.05, 4.69) is 0 Å². The third kappa shape index (κ3) is 1.27. The van der Waals surface area contributed by atoms with Gasteiger partial charge in [-0.1, -0.05) is 12.1 Å². The third-order valence-corrected chi connectivity index (χ3v) is 2.26. The lowest BCUT2D eigenvalue weighted by atomic mass is 10.00. The molecule has 0 saturated heterocycles. The summed E-state index contributed by atoms with van der Waals surface area (Å²) < 4.78 is 0. The molecule has 0 amide bonds. The van der Waals surface area contributed by atoms with Crippen molar-refractivity contribution in [3.63, 3.8) is 0 Å². The number of rotatable bonds is 0. The summed E-state index contributed by atoms with van der Waals surface area (Å²) in [5.74, 6) is 0.0288. The summed E-state index contributed by atoms with van der Waals surface area (Å²) in [6.45, 7) is 0. The van der Waals surface area contributed by atoms with Crippen LogP contribution < -0.4 is 0 Å². The van der Waals surface area contributed by atoms with Gasteiger partial charge in [0.2, 0.25) is 0 Å². The van der Waals surface area contributed by atoms with Gasteiger partial charge in [-0.05, 0) is 18.2 Å². The van der Waals surface area contributed by atoms with Crippen molar-refractivity contribution in [2.75, 3.05) is 0 Å². The van der Waals surface area contributed by atoms with Crippen molar-refractivity contribution in [3.05, 3.63) is 41.5 Å². The molecule has 0 spiro atoms. The molecule has 0 fully saturated rings. The molecule has 3 nitrogen and oxygen atoms in total. The van der Waals surface area contributed by atoms with Crippen LogP contribution in [0.3, 0.4) is 0 Å². The monoisotopic (exact) mass is 194 g/mol. The topological polar surface area (TPSA) is 67.8 Å². The number of nitriles is 2. The van der Waals surface area contributed by atoms with Gasteiger partial charge < -0.3 is 5.11 Å². The fourth-order valence-corrected chi connectivity index (χ4v) is 1.58. The largest absolute Gasteiger partial charge is 0.507 e. The number of phenolic OH excluding ortho intramolecular Hbond substituents is 1. The third-order valence-electron chi connectivity index (χ3n) is 2.26. The van der Waals surface area contributed by atoms with Crippen molar-refractivity contribution in [2.24, 2.45) is 0 Å². The van der Waals surface area contributed by atoms with Gasteiger partial charge in [-0.2, -0.15) is 10.5 Å². The lowest BCUT2D eigenvalue weighted by Gasteiger charge is -2.03. The zero-order chi connectivity index (χ0) is 10.8. The first-order chi connectivity index (χ1) is 7.27. The Bertz CT molecular complexity index is 618. The summed E-state index contributed by atoms with van der Waals surface area (Å²) in [5.41, 5.74) is 0.835. The highest BCUT2D eigenvalue weighted by Crippen LogP contribution is 2.29. The molecule has 0 saturated carbocycles. The van der Waals surface area contributed by atoms with E-state index >= 15 is 0 Å². The van der Waals surface area contributed by atoms with Crippen LogP contribution in [0.25, 0.3) is 10.8 Å². The standard InChI is InChI=1S/C12H6N2O/c13-6-8-4-5-9(7-14)12-10(8)2-1-3-11(12)15/h1-5,15H. The highest BCUT2D eigenvalue weighted by Gasteiger charge is 2.08. The van der Waals surface area contributed by atoms with E-state index in [4.69, 9.17) is 10.5 Å². The number of phenols is 1. The maximum atomic E-state index is 9.64. The maximum Gasteiger partial charge on any atom is 0.124 e. The summed E-state index contributed by atoms with van der Waals surface area (Å²) in [5, 5.41) is 28.4. The van der Waals surface area contributed by atoms with Gasteiger partial charge in [0.05, 0.1) is 23.3 Å². The Balaban J connectivity index is 3.03. The number of benzene rings is 2. The van der Waals surface area contributed by atoms with E-state index in [1.807, 2.05) is 12.1 Å². The fourth-order valence-electron chi connectivity index (χ4n) is 1.58. The second-order valence-corrected chi connectivity index (χ2v) is 3.08. The number of aromatic hydroxyl groups is 1. The van der Waals surface area contributed by atoms with Crippen LogP contribution in [-0.2, 0) is 0 Å². The fraction of sp³-hybridized carbons (Fsp3) is 0. The van der Waals surface area contributed by atoms with E-state index in [9.17, 15) is 5.11 Å². The SMILES string of the molecule is N#Cc1ccc(C#N)c2c(O)cccc12. The van der Waals surface area contributed by atoms with Crippen LogP contribution in [0.1, 0.15) is 11.1 Å². The van der Waals surface area contributed by atoms with Crippen LogP contribution in [0.2, 0.25) is 0 Å². The van der Waals surface area contributed by atoms with E-state index in [-0.39, 0.29) is 5.75 Å². The number of hydrogen-bond acceptors (Lipinski definition) is 3. The smallest absolute Gasteiger partial charge is 0.124 e. The number of nitrogens with zero attached hydrogens (tertiary/aromatic N) is 2. The maximum absolute atomic E-state index is 9.64. The Labute approximate surface area is 86.4 Å². The van der Waals surface area contributed by atoms with Crippen LogP contribution in [0.15, 0.2) is 30.3 Å². The summed E-state index contributed by atoms with van der Waals surface area (Å²) in [4.78, 5) is 0. The minimum Gasteiger partial charge on any atom is -0.507 e. The zero-order valence-corrected chi connectivity index (χ0v) is 7.73. The van der Waals surface area contributed by atoms with Gasteiger partial charge in [0.15, 0.2) is 0 Å². The van der Waals surface area contributed by atoms with Gasteiger partial charge in [0, 0.05) is 10.8 Å². The second kappa shape index (κ2) is 3.32. The molecular weight excluding hydrogens is 188 g/mol. The quantitative estimate of drug-likeness (QED) is 0.699. The minimum absolute atomic E-state index is 0.0288. The Kier molecular flexibility index (Phi) is 2.00. The molecule has 0 atom stereocenters. The van der Waals surface area contributed by atoms with Gasteiger partial charge in [-0.15, -0.1) is 0 Å². The Morgan fingerprint density at radius 1 is 0.933 bits per heavy atom. The van der Waals surface area contributed by atoms with Crippen LogP contribution >= 0.6 is 0 Å². The molecule has 1 N–H and O–H groups in total. The molecule has 0 aromatic heterocycles. The second-order valence-electron chi connectivity index (χ2n) is 3.08. The van der Waals surface area contributed by atoms with E-state index in [1.54, 1.807) is 24.3 Å². The first-order valence-electron chi connectivity index (χ1n) is 4.33. The molecule has 15 heavy (non-hydrogen) atoms. The van der Waals surface area contributed by atoms with Gasteiger partial charge in [0.25, 0.3) is 0 Å². The molecule has 0 heterocycles. The van der Waals surface area contributed by atoms with Crippen molar-refractivity contribution < 1.29 is 5.11 Å². The Morgan fingerprint density at radius 3 is 2.27 bits per heavy atom. The van der Waals surface area contributed by atoms with Crippen molar-refractivity contribution in [3.8, 4) is 17.9 Å². The predicted octanol–water partition coefficient (Wildman–Crippen LogP) is 2.29. The van der Waals surface area contributed by atoms with Crippen molar-refractivity contribution >= 4 is 10.8 Å². The molecule has 0 aliphatic heterocycles. The predicted molar refractivity (Wildman–Crippen MR) is 55.0 cm³/mol. The molecule has 0 bridgehead atoms. The van der Waals surface area contributed by atoms with Crippen LogP contribution in [0.5, 0.6) is 5.75 Å². The van der Waals surface area contributed by atoms with E-state index in [0.29, 0.717) is 21.9 Å². The summed E-state index contributed by atoms with van der Waals surface area (Å²) in [7, 11) is 0. The molecule has 0 aliphatic carbocycles. The normalized spacial score (nSPS) is 9.47. The number of fused-ring (bicyclic) bond motifs is 1. The molecule has 0 radical (unpaired) electrons. The lowest BCUT2D eigenvalue weighted by Crippen LogP contribution is -1.84. The molecule has 2 rings (SSSR count). The summed E-state index contributed by atoms with van der Waals surface area (Å²) in [6, 6.07) is 12.0. The average molecular weight is 194 g/mol. The van der Waals surface area contributed by atoms with Crippen LogP contribution in [0.4, 0.5) is 0 Å². The summed E-state index contributed by atoms with van der Waals surface area (Å²) in [6.07, 6.45) is 0. The average Bonchev–Trinajstić information content (AvgIpc) is 2.28. The molecular formula is C12H6N2O. The van der Waals surface area contributed by atoms with Gasteiger partial charge in [-0.25, -0.2) is 0 Å². The van der Waals surface area contributed by atoms with E-state index in [1.165, 1.54) is 6.07 Å². The lowest BCUT2D eigenvalue weighted by molar-refractivity contribution is 0.481. The van der Waals surface area contributed by atoms with Crippen molar-refractivity contribution in [1.29, 1.82) is 10.5 Å². The van der Waals surface area contributed by atoms with E-state index in [0.717, 1.165) is 0 Å². The van der Waals surface area contributed by atoms with Crippen LogP contribution in [0, 0.1) is 22.7 Å². The van der Waals surface area contributed by atoms with Crippen molar-refractivity contribution in [2.45, 2.75) is 0 Å². The minimum atomic E-state index is 0.0288. The van der Waals surface area contributed by atoms with Crippen molar-refractivity contribution in [1.82, 2.24) is 0 Å². The molecule has 70 valence electrons. The van der Waals surface area contributed by atoms with E-state index < -0.39 is 0 Å². The molecule has 0 aliphatic rings. The Morgan fingerprint density at radius 2 is 1.60 bits per heavy atom. The highest BCUT2D eigenvalue weighted by molar-refractivity contribution is 5.96. The number of hydrogen-bond donors (Lipinski definition) is 1. The molecule has 2 aromatic rings. The molecule has 3 heteroatoms. The first kappa shape index (κ1) is 9.05. The zero-order valence-electron chi connectivity index (χ0n) is 7.73. The van der Waals surface area contributed by atoms with Gasteiger partial charge in [0.1, 0.15) is 5.75 Å². The van der Waals surface area contributed by atoms with Gasteiger partial charge in [-0.3, -0.25) is 0 Å². The highest BCUT2D eigenvalue weighted by atomic mass is 16.3. The van der Waals surface area contributed by atoms with Crippen LogP contribution in [-0.4, -0.2) is 5.11 Å². The van der Waals surface area contributed by atoms with Gasteiger partial charge >= 0.3 is 0 Å². The molecule has 2 aromatic carbocycles. The first-order valence-corrected chi connectivity index (χ1v) is 4.33.